The number of hydrogen-bond acceptors (Lipinski definition) is 4. The van der Waals surface area contributed by atoms with Crippen molar-refractivity contribution in [1.82, 2.24) is 14.8 Å². The first-order valence-corrected chi connectivity index (χ1v) is 7.63. The minimum Gasteiger partial charge on any atom is -0.383 e. The van der Waals surface area contributed by atoms with E-state index in [-0.39, 0.29) is 0 Å². The summed E-state index contributed by atoms with van der Waals surface area (Å²) in [5.41, 5.74) is 1.31. The van der Waals surface area contributed by atoms with Gasteiger partial charge in [0.25, 0.3) is 0 Å². The second-order valence-electron chi connectivity index (χ2n) is 5.55. The molecule has 20 heavy (non-hydrogen) atoms. The van der Waals surface area contributed by atoms with E-state index in [1.807, 2.05) is 18.5 Å². The van der Waals surface area contributed by atoms with Gasteiger partial charge in [0.05, 0.1) is 6.61 Å². The summed E-state index contributed by atoms with van der Waals surface area (Å²) in [4.78, 5) is 9.38. The smallest absolute Gasteiger partial charge is 0.0589 e. The summed E-state index contributed by atoms with van der Waals surface area (Å²) in [6, 6.07) is 5.29. The summed E-state index contributed by atoms with van der Waals surface area (Å²) in [6.45, 7) is 9.83. The quantitative estimate of drug-likeness (QED) is 0.797. The summed E-state index contributed by atoms with van der Waals surface area (Å²) in [5, 5.41) is 0. The number of hydrogen-bond donors (Lipinski definition) is 0. The van der Waals surface area contributed by atoms with Gasteiger partial charge >= 0.3 is 0 Å². The summed E-state index contributed by atoms with van der Waals surface area (Å²) in [5.74, 6) is 0. The molecule has 1 aliphatic rings. The zero-order valence-electron chi connectivity index (χ0n) is 13.0. The van der Waals surface area contributed by atoms with E-state index in [9.17, 15) is 0 Å². The predicted molar refractivity (Wildman–Crippen MR) is 81.8 cm³/mol. The van der Waals surface area contributed by atoms with Crippen molar-refractivity contribution in [2.75, 3.05) is 39.9 Å². The van der Waals surface area contributed by atoms with Gasteiger partial charge in [-0.15, -0.1) is 0 Å². The summed E-state index contributed by atoms with van der Waals surface area (Å²) >= 11 is 0. The molecule has 1 saturated heterocycles. The van der Waals surface area contributed by atoms with Crippen molar-refractivity contribution in [2.45, 2.75) is 32.4 Å². The highest BCUT2D eigenvalue weighted by Crippen LogP contribution is 2.23. The molecular weight excluding hydrogens is 250 g/mol. The van der Waals surface area contributed by atoms with Crippen LogP contribution in [0.4, 0.5) is 0 Å². The third-order valence-electron chi connectivity index (χ3n) is 4.40. The third kappa shape index (κ3) is 3.78. The van der Waals surface area contributed by atoms with Crippen LogP contribution in [0.15, 0.2) is 24.5 Å². The average Bonchev–Trinajstić information content (AvgIpc) is 2.52. The fraction of sp³-hybridized carbons (Fsp3) is 0.688. The molecule has 0 saturated carbocycles. The molecule has 4 heteroatoms. The molecule has 1 aromatic heterocycles. The molecular formula is C16H27N3O. The molecule has 0 radical (unpaired) electrons. The maximum Gasteiger partial charge on any atom is 0.0589 e. The van der Waals surface area contributed by atoms with E-state index in [0.29, 0.717) is 12.1 Å². The molecule has 2 atom stereocenters. The van der Waals surface area contributed by atoms with E-state index in [1.54, 1.807) is 7.11 Å². The fourth-order valence-corrected chi connectivity index (χ4v) is 2.99. The second kappa shape index (κ2) is 7.72. The van der Waals surface area contributed by atoms with Crippen molar-refractivity contribution in [3.8, 4) is 0 Å². The molecule has 0 unspecified atom stereocenters. The van der Waals surface area contributed by atoms with Crippen LogP contribution in [0.1, 0.15) is 31.9 Å². The van der Waals surface area contributed by atoms with Crippen LogP contribution in [0.2, 0.25) is 0 Å². The zero-order chi connectivity index (χ0) is 14.4. The summed E-state index contributed by atoms with van der Waals surface area (Å²) < 4.78 is 5.22. The van der Waals surface area contributed by atoms with E-state index in [4.69, 9.17) is 4.74 Å². The van der Waals surface area contributed by atoms with Crippen LogP contribution >= 0.6 is 0 Å². The van der Waals surface area contributed by atoms with Gasteiger partial charge in [0.15, 0.2) is 0 Å². The van der Waals surface area contributed by atoms with Crippen LogP contribution in [-0.2, 0) is 4.74 Å². The molecule has 0 bridgehead atoms. The van der Waals surface area contributed by atoms with Gasteiger partial charge in [-0.2, -0.15) is 0 Å². The number of piperazine rings is 1. The Morgan fingerprint density at radius 3 is 2.95 bits per heavy atom. The number of nitrogens with zero attached hydrogens (tertiary/aromatic N) is 3. The van der Waals surface area contributed by atoms with Crippen molar-refractivity contribution in [1.29, 1.82) is 0 Å². The summed E-state index contributed by atoms with van der Waals surface area (Å²) in [6.07, 6.45) is 5.02. The van der Waals surface area contributed by atoms with Crippen molar-refractivity contribution in [2.24, 2.45) is 0 Å². The van der Waals surface area contributed by atoms with Gasteiger partial charge in [-0.25, -0.2) is 0 Å². The Balaban J connectivity index is 1.95. The Hall–Kier alpha value is -0.970. The first-order chi connectivity index (χ1) is 9.76. The molecule has 0 spiro atoms. The summed E-state index contributed by atoms with van der Waals surface area (Å²) in [7, 11) is 1.78. The second-order valence-corrected chi connectivity index (χ2v) is 5.55. The lowest BCUT2D eigenvalue weighted by Gasteiger charge is -2.43. The lowest BCUT2D eigenvalue weighted by Crippen LogP contribution is -2.54. The molecule has 1 fully saturated rings. The van der Waals surface area contributed by atoms with E-state index >= 15 is 0 Å². The van der Waals surface area contributed by atoms with Crippen LogP contribution < -0.4 is 0 Å². The normalized spacial score (nSPS) is 22.9. The van der Waals surface area contributed by atoms with Crippen LogP contribution in [0.3, 0.4) is 0 Å². The maximum atomic E-state index is 5.22. The molecule has 0 N–H and O–H groups in total. The molecule has 0 aromatic carbocycles. The van der Waals surface area contributed by atoms with Gasteiger partial charge in [-0.3, -0.25) is 14.8 Å². The van der Waals surface area contributed by atoms with Crippen molar-refractivity contribution >= 4 is 0 Å². The number of ether oxygens (including phenoxy) is 1. The largest absolute Gasteiger partial charge is 0.383 e. The van der Waals surface area contributed by atoms with E-state index in [1.165, 1.54) is 12.0 Å². The minimum absolute atomic E-state index is 0.447. The van der Waals surface area contributed by atoms with Gasteiger partial charge in [0.2, 0.25) is 0 Å². The number of aromatic nitrogens is 1. The molecule has 0 amide bonds. The molecule has 112 valence electrons. The number of pyridine rings is 1. The fourth-order valence-electron chi connectivity index (χ4n) is 2.99. The molecule has 2 rings (SSSR count). The van der Waals surface area contributed by atoms with Crippen molar-refractivity contribution < 1.29 is 4.74 Å². The lowest BCUT2D eigenvalue weighted by atomic mass is 10.0. The first kappa shape index (κ1) is 15.4. The van der Waals surface area contributed by atoms with Gasteiger partial charge in [-0.05, 0) is 25.0 Å². The maximum absolute atomic E-state index is 5.22. The van der Waals surface area contributed by atoms with Crippen LogP contribution in [0.5, 0.6) is 0 Å². The molecule has 0 aliphatic carbocycles. The number of methoxy groups -OCH3 is 1. The SMILES string of the molecule is CC[C@@H]1CN([C@H](C)c2cccnc2)CCN1CCOC. The van der Waals surface area contributed by atoms with Crippen LogP contribution in [0.25, 0.3) is 0 Å². The lowest BCUT2D eigenvalue weighted by molar-refractivity contribution is 0.0332. The van der Waals surface area contributed by atoms with Gasteiger partial charge in [0, 0.05) is 57.8 Å². The monoisotopic (exact) mass is 277 g/mol. The van der Waals surface area contributed by atoms with E-state index in [2.05, 4.69) is 34.7 Å². The highest BCUT2D eigenvalue weighted by molar-refractivity contribution is 5.13. The van der Waals surface area contributed by atoms with Crippen molar-refractivity contribution in [3.63, 3.8) is 0 Å². The predicted octanol–water partition coefficient (Wildman–Crippen LogP) is 2.19. The Morgan fingerprint density at radius 2 is 2.30 bits per heavy atom. The first-order valence-electron chi connectivity index (χ1n) is 7.63. The molecule has 2 heterocycles. The van der Waals surface area contributed by atoms with Gasteiger partial charge < -0.3 is 4.74 Å². The highest BCUT2D eigenvalue weighted by Gasteiger charge is 2.28. The highest BCUT2D eigenvalue weighted by atomic mass is 16.5. The van der Waals surface area contributed by atoms with Crippen molar-refractivity contribution in [3.05, 3.63) is 30.1 Å². The Kier molecular flexibility index (Phi) is 5.95. The Morgan fingerprint density at radius 1 is 1.45 bits per heavy atom. The van der Waals surface area contributed by atoms with Crippen LogP contribution in [-0.4, -0.2) is 60.7 Å². The third-order valence-corrected chi connectivity index (χ3v) is 4.40. The topological polar surface area (TPSA) is 28.6 Å². The van der Waals surface area contributed by atoms with E-state index < -0.39 is 0 Å². The Bertz CT molecular complexity index is 385. The van der Waals surface area contributed by atoms with E-state index in [0.717, 1.165) is 32.8 Å². The molecule has 4 nitrogen and oxygen atoms in total. The average molecular weight is 277 g/mol. The standard InChI is InChI=1S/C16H27N3O/c1-4-16-13-19(9-8-18(16)10-11-20-3)14(2)15-6-5-7-17-12-15/h5-7,12,14,16H,4,8-11,13H2,1-3H3/t14-,16-/m1/s1. The van der Waals surface area contributed by atoms with Gasteiger partial charge in [-0.1, -0.05) is 13.0 Å². The number of rotatable bonds is 6. The Labute approximate surface area is 122 Å². The van der Waals surface area contributed by atoms with Gasteiger partial charge in [0.1, 0.15) is 0 Å². The minimum atomic E-state index is 0.447. The zero-order valence-corrected chi connectivity index (χ0v) is 13.0. The molecule has 1 aliphatic heterocycles. The molecule has 1 aromatic rings. The van der Waals surface area contributed by atoms with Crippen LogP contribution in [0, 0.1) is 0 Å².